The molecular weight excluding hydrogens is 454 g/mol. The average Bonchev–Trinajstić information content (AvgIpc) is 3.12. The molecule has 1 saturated heterocycles. The van der Waals surface area contributed by atoms with Crippen molar-refractivity contribution in [1.82, 2.24) is 24.3 Å². The number of aryl methyl sites for hydroxylation is 1. The van der Waals surface area contributed by atoms with Crippen molar-refractivity contribution in [2.75, 3.05) is 37.7 Å². The lowest BCUT2D eigenvalue weighted by molar-refractivity contribution is -0.146. The molecule has 5 rings (SSSR count). The van der Waals surface area contributed by atoms with Crippen LogP contribution in [0.25, 0.3) is 11.0 Å². The van der Waals surface area contributed by atoms with Gasteiger partial charge < -0.3 is 25.4 Å². The Morgan fingerprint density at radius 2 is 2.00 bits per heavy atom. The number of carbonyl (C=O) groups excluding carboxylic acids is 2. The van der Waals surface area contributed by atoms with Crippen molar-refractivity contribution in [2.45, 2.75) is 52.1 Å². The number of likely N-dealkylation sites (N-methyl/N-ethyl adjacent to an activating group) is 1. The Morgan fingerprint density at radius 3 is 2.81 bits per heavy atom. The fourth-order valence-corrected chi connectivity index (χ4v) is 5.43. The zero-order valence-corrected chi connectivity index (χ0v) is 21.3. The van der Waals surface area contributed by atoms with Gasteiger partial charge in [0.1, 0.15) is 11.6 Å². The molecule has 0 spiro atoms. The number of nitrogens with two attached hydrogens (primary N) is 1. The van der Waals surface area contributed by atoms with Crippen LogP contribution >= 0.6 is 0 Å². The number of benzene rings is 1. The number of piperidine rings is 1. The van der Waals surface area contributed by atoms with Crippen molar-refractivity contribution in [3.05, 3.63) is 47.4 Å². The van der Waals surface area contributed by atoms with Crippen LogP contribution in [0.5, 0.6) is 0 Å². The summed E-state index contributed by atoms with van der Waals surface area (Å²) >= 11 is 0. The largest absolute Gasteiger partial charge is 0.383 e. The van der Waals surface area contributed by atoms with Crippen LogP contribution in [-0.2, 0) is 29.0 Å². The molecular formula is C27H35N7O2. The molecule has 2 aliphatic heterocycles. The normalized spacial score (nSPS) is 20.7. The maximum Gasteiger partial charge on any atom is 0.313 e. The van der Waals surface area contributed by atoms with Gasteiger partial charge in [0.2, 0.25) is 0 Å². The van der Waals surface area contributed by atoms with Crippen molar-refractivity contribution in [3.8, 4) is 0 Å². The molecule has 3 N–H and O–H groups in total. The summed E-state index contributed by atoms with van der Waals surface area (Å²) in [7, 11) is 2.14. The molecule has 2 aliphatic rings. The van der Waals surface area contributed by atoms with Crippen LogP contribution in [0.1, 0.15) is 49.7 Å². The number of carbonyl (C=O) groups is 2. The minimum atomic E-state index is -0.651. The minimum Gasteiger partial charge on any atom is -0.383 e. The number of nitrogens with one attached hydrogen (secondary N) is 1. The molecule has 9 nitrogen and oxygen atoms in total. The van der Waals surface area contributed by atoms with Crippen molar-refractivity contribution in [2.24, 2.45) is 5.92 Å². The van der Waals surface area contributed by atoms with E-state index in [9.17, 15) is 9.59 Å². The minimum absolute atomic E-state index is 0.160. The van der Waals surface area contributed by atoms with Crippen LogP contribution < -0.4 is 11.1 Å². The van der Waals surface area contributed by atoms with Gasteiger partial charge in [-0.05, 0) is 61.6 Å². The first-order valence-electron chi connectivity index (χ1n) is 12.9. The zero-order chi connectivity index (χ0) is 25.4. The van der Waals surface area contributed by atoms with Gasteiger partial charge in [0.05, 0.1) is 29.0 Å². The summed E-state index contributed by atoms with van der Waals surface area (Å²) in [5.74, 6) is 0.699. The molecule has 0 aliphatic carbocycles. The number of nitrogen functional groups attached to an aromatic ring is 1. The zero-order valence-electron chi connectivity index (χ0n) is 21.3. The SMILES string of the molecule is CCc1cc(NC(=O)C(=O)N2C[C@@H](C)CC[C@@H]2c2ccc3c(c2)nc2n3CCN(C)CC2)cnc1N. The highest BCUT2D eigenvalue weighted by molar-refractivity contribution is 6.39. The van der Waals surface area contributed by atoms with Crippen LogP contribution in [0, 0.1) is 5.92 Å². The molecule has 190 valence electrons. The smallest absolute Gasteiger partial charge is 0.313 e. The number of aromatic nitrogens is 3. The van der Waals surface area contributed by atoms with Crippen molar-refractivity contribution < 1.29 is 9.59 Å². The van der Waals surface area contributed by atoms with E-state index in [-0.39, 0.29) is 6.04 Å². The first-order valence-corrected chi connectivity index (χ1v) is 12.9. The summed E-state index contributed by atoms with van der Waals surface area (Å²) in [4.78, 5) is 39.5. The Bertz CT molecular complexity index is 1300. The lowest BCUT2D eigenvalue weighted by atomic mass is 9.89. The number of anilines is 2. The molecule has 0 bridgehead atoms. The molecule has 4 heterocycles. The molecule has 2 aromatic heterocycles. The number of hydrogen-bond donors (Lipinski definition) is 2. The standard InChI is InChI=1S/C27H35N7O2/c1-4-18-13-20(15-29-25(18)28)30-26(35)27(36)34-16-17(2)5-7-22(34)19-6-8-23-21(14-19)31-24-9-10-32(3)11-12-33(23)24/h6,8,13-15,17,22H,4-5,7,9-12,16H2,1-3H3,(H2,28,29)(H,30,35)/t17-,22+/m0/s1. The van der Waals surface area contributed by atoms with E-state index < -0.39 is 11.8 Å². The second kappa shape index (κ2) is 9.89. The molecule has 1 fully saturated rings. The maximum absolute atomic E-state index is 13.4. The average molecular weight is 490 g/mol. The molecule has 2 atom stereocenters. The van der Waals surface area contributed by atoms with Crippen molar-refractivity contribution in [3.63, 3.8) is 0 Å². The number of amides is 2. The third kappa shape index (κ3) is 4.67. The van der Waals surface area contributed by atoms with Gasteiger partial charge in [-0.2, -0.15) is 0 Å². The Kier molecular flexibility index (Phi) is 6.66. The topological polar surface area (TPSA) is 109 Å². The Labute approximate surface area is 211 Å². The first-order chi connectivity index (χ1) is 17.3. The summed E-state index contributed by atoms with van der Waals surface area (Å²) in [6.45, 7) is 7.56. The number of likely N-dealkylation sites (tertiary alicyclic amines) is 1. The van der Waals surface area contributed by atoms with Crippen LogP contribution in [0.2, 0.25) is 0 Å². The quantitative estimate of drug-likeness (QED) is 0.548. The Morgan fingerprint density at radius 1 is 1.17 bits per heavy atom. The van der Waals surface area contributed by atoms with Crippen LogP contribution in [-0.4, -0.2) is 62.8 Å². The van der Waals surface area contributed by atoms with Crippen molar-refractivity contribution >= 4 is 34.4 Å². The molecule has 36 heavy (non-hydrogen) atoms. The van der Waals surface area contributed by atoms with Gasteiger partial charge in [-0.3, -0.25) is 9.59 Å². The van der Waals surface area contributed by atoms with Gasteiger partial charge in [0, 0.05) is 32.6 Å². The van der Waals surface area contributed by atoms with Gasteiger partial charge in [0.15, 0.2) is 0 Å². The van der Waals surface area contributed by atoms with Gasteiger partial charge in [0.25, 0.3) is 0 Å². The summed E-state index contributed by atoms with van der Waals surface area (Å²) < 4.78 is 2.31. The van der Waals surface area contributed by atoms with E-state index in [1.165, 1.54) is 6.20 Å². The summed E-state index contributed by atoms with van der Waals surface area (Å²) in [6, 6.07) is 7.95. The van der Waals surface area contributed by atoms with Gasteiger partial charge in [-0.15, -0.1) is 0 Å². The van der Waals surface area contributed by atoms with E-state index in [2.05, 4.69) is 51.9 Å². The second-order valence-electron chi connectivity index (χ2n) is 10.2. The van der Waals surface area contributed by atoms with Gasteiger partial charge in [-0.25, -0.2) is 9.97 Å². The van der Waals surface area contributed by atoms with E-state index in [1.54, 1.807) is 11.0 Å². The van der Waals surface area contributed by atoms with Crippen LogP contribution in [0.3, 0.4) is 0 Å². The van der Waals surface area contributed by atoms with E-state index in [1.807, 2.05) is 6.92 Å². The molecule has 0 unspecified atom stereocenters. The third-order valence-electron chi connectivity index (χ3n) is 7.57. The van der Waals surface area contributed by atoms with Gasteiger partial charge >= 0.3 is 11.8 Å². The van der Waals surface area contributed by atoms with Crippen LogP contribution in [0.4, 0.5) is 11.5 Å². The second-order valence-corrected chi connectivity index (χ2v) is 10.2. The van der Waals surface area contributed by atoms with E-state index >= 15 is 0 Å². The summed E-state index contributed by atoms with van der Waals surface area (Å²) in [5, 5.41) is 2.73. The first kappa shape index (κ1) is 24.2. The Hall–Kier alpha value is -3.46. The van der Waals surface area contributed by atoms with Gasteiger partial charge in [-0.1, -0.05) is 19.9 Å². The van der Waals surface area contributed by atoms with E-state index in [0.29, 0.717) is 30.4 Å². The molecule has 9 heteroatoms. The maximum atomic E-state index is 13.4. The Balaban J connectivity index is 1.39. The molecule has 3 aromatic rings. The molecule has 0 radical (unpaired) electrons. The number of fused-ring (bicyclic) bond motifs is 3. The van der Waals surface area contributed by atoms with E-state index in [4.69, 9.17) is 10.7 Å². The molecule has 1 aromatic carbocycles. The van der Waals surface area contributed by atoms with Crippen LogP contribution in [0.15, 0.2) is 30.5 Å². The predicted octanol–water partition coefficient (Wildman–Crippen LogP) is 3.00. The number of imidazole rings is 1. The highest BCUT2D eigenvalue weighted by Gasteiger charge is 2.34. The highest BCUT2D eigenvalue weighted by atomic mass is 16.2. The predicted molar refractivity (Wildman–Crippen MR) is 140 cm³/mol. The lowest BCUT2D eigenvalue weighted by Crippen LogP contribution is -2.46. The van der Waals surface area contributed by atoms with Crippen molar-refractivity contribution in [1.29, 1.82) is 0 Å². The lowest BCUT2D eigenvalue weighted by Gasteiger charge is -2.38. The third-order valence-corrected chi connectivity index (χ3v) is 7.57. The highest BCUT2D eigenvalue weighted by Crippen LogP contribution is 2.35. The summed E-state index contributed by atoms with van der Waals surface area (Å²) in [5.41, 5.74) is 10.3. The fourth-order valence-electron chi connectivity index (χ4n) is 5.43. The van der Waals surface area contributed by atoms with E-state index in [0.717, 1.165) is 66.9 Å². The molecule has 0 saturated carbocycles. The number of rotatable bonds is 3. The fraction of sp³-hybridized carbons (Fsp3) is 0.481. The number of hydrogen-bond acceptors (Lipinski definition) is 6. The monoisotopic (exact) mass is 489 g/mol. The number of nitrogens with zero attached hydrogens (tertiary/aromatic N) is 5. The molecule has 2 amide bonds. The summed E-state index contributed by atoms with van der Waals surface area (Å²) in [6.07, 6.45) is 4.92. The number of pyridine rings is 1.